The number of carbonyl (C=O) groups excluding carboxylic acids is 1. The Morgan fingerprint density at radius 2 is 1.72 bits per heavy atom. The summed E-state index contributed by atoms with van der Waals surface area (Å²) in [5, 5.41) is 38.4. The van der Waals surface area contributed by atoms with Gasteiger partial charge in [0.25, 0.3) is 0 Å². The number of esters is 1. The highest BCUT2D eigenvalue weighted by Crippen LogP contribution is 2.35. The van der Waals surface area contributed by atoms with Gasteiger partial charge in [0.1, 0.15) is 24.9 Å². The van der Waals surface area contributed by atoms with Gasteiger partial charge in [-0.3, -0.25) is 9.42 Å². The lowest BCUT2D eigenvalue weighted by molar-refractivity contribution is -0.170. The fraction of sp³-hybridized carbons (Fsp3) is 0.917. The molecule has 1 fully saturated rings. The van der Waals surface area contributed by atoms with Gasteiger partial charge in [0, 0.05) is 19.6 Å². The highest BCUT2D eigenvalue weighted by molar-refractivity contribution is 7.46. The van der Waals surface area contributed by atoms with Gasteiger partial charge in [0.15, 0.2) is 6.10 Å². The number of carbonyl (C=O) groups is 1. The number of aliphatic hydroxyl groups is 4. The summed E-state index contributed by atoms with van der Waals surface area (Å²) < 4.78 is 24.4. The number of morpholine rings is 1. The maximum Gasteiger partial charge on any atom is 0.469 e. The van der Waals surface area contributed by atoms with Crippen molar-refractivity contribution >= 4 is 13.8 Å². The first-order chi connectivity index (χ1) is 11.6. The quantitative estimate of drug-likeness (QED) is 0.160. The van der Waals surface area contributed by atoms with E-state index in [9.17, 15) is 29.8 Å². The van der Waals surface area contributed by atoms with Crippen molar-refractivity contribution < 1.29 is 53.6 Å². The Kier molecular flexibility index (Phi) is 9.38. The summed E-state index contributed by atoms with van der Waals surface area (Å²) in [7, 11) is -4.88. The third kappa shape index (κ3) is 8.51. The molecule has 1 aliphatic heterocycles. The molecule has 1 rings (SSSR count). The summed E-state index contributed by atoms with van der Waals surface area (Å²) in [6.07, 6.45) is -8.32. The molecular formula is C12H24NO11P. The smallest absolute Gasteiger partial charge is 0.462 e. The molecule has 25 heavy (non-hydrogen) atoms. The van der Waals surface area contributed by atoms with Gasteiger partial charge in [-0.05, 0) is 0 Å². The molecule has 0 radical (unpaired) electrons. The van der Waals surface area contributed by atoms with Crippen LogP contribution in [0, 0.1) is 0 Å². The van der Waals surface area contributed by atoms with E-state index < -0.39 is 44.8 Å². The van der Waals surface area contributed by atoms with Gasteiger partial charge < -0.3 is 39.7 Å². The van der Waals surface area contributed by atoms with Crippen molar-refractivity contribution in [3.05, 3.63) is 0 Å². The maximum atomic E-state index is 11.6. The van der Waals surface area contributed by atoms with Gasteiger partial charge in [-0.1, -0.05) is 0 Å². The Morgan fingerprint density at radius 3 is 2.28 bits per heavy atom. The Balaban J connectivity index is 2.35. The van der Waals surface area contributed by atoms with E-state index in [-0.39, 0.29) is 6.61 Å². The van der Waals surface area contributed by atoms with E-state index in [2.05, 4.69) is 4.52 Å². The number of ether oxygens (including phenoxy) is 2. The van der Waals surface area contributed by atoms with Crippen LogP contribution in [0.1, 0.15) is 0 Å². The molecule has 148 valence electrons. The molecule has 1 saturated heterocycles. The SMILES string of the molecule is O=C(OCCN1CCOCC1)[C@H](O)[C@@H](O)[C@H](O)[C@H](O)COP(=O)(O)O. The minimum absolute atomic E-state index is 0.0530. The monoisotopic (exact) mass is 389 g/mol. The molecule has 0 aromatic carbocycles. The summed E-state index contributed by atoms with van der Waals surface area (Å²) in [6, 6.07) is 0. The second-order valence-electron chi connectivity index (χ2n) is 5.40. The van der Waals surface area contributed by atoms with E-state index in [1.165, 1.54) is 0 Å². The Morgan fingerprint density at radius 1 is 1.12 bits per heavy atom. The molecule has 0 unspecified atom stereocenters. The van der Waals surface area contributed by atoms with Gasteiger partial charge in [-0.15, -0.1) is 0 Å². The molecule has 13 heteroatoms. The van der Waals surface area contributed by atoms with Crippen molar-refractivity contribution in [2.24, 2.45) is 0 Å². The van der Waals surface area contributed by atoms with Crippen LogP contribution in [0.15, 0.2) is 0 Å². The van der Waals surface area contributed by atoms with Crippen molar-refractivity contribution in [3.63, 3.8) is 0 Å². The second-order valence-corrected chi connectivity index (χ2v) is 6.64. The molecule has 1 heterocycles. The lowest BCUT2D eigenvalue weighted by atomic mass is 10.0. The van der Waals surface area contributed by atoms with Crippen LogP contribution in [0.25, 0.3) is 0 Å². The van der Waals surface area contributed by atoms with Gasteiger partial charge in [-0.2, -0.15) is 0 Å². The fourth-order valence-electron chi connectivity index (χ4n) is 2.01. The summed E-state index contributed by atoms with van der Waals surface area (Å²) in [5.74, 6) is -1.21. The van der Waals surface area contributed by atoms with Gasteiger partial charge in [-0.25, -0.2) is 9.36 Å². The molecule has 0 spiro atoms. The van der Waals surface area contributed by atoms with Gasteiger partial charge in [0.2, 0.25) is 0 Å². The van der Waals surface area contributed by atoms with Gasteiger partial charge in [0.05, 0.1) is 19.8 Å². The average Bonchev–Trinajstić information content (AvgIpc) is 2.57. The van der Waals surface area contributed by atoms with Crippen LogP contribution >= 0.6 is 7.82 Å². The zero-order chi connectivity index (χ0) is 19.0. The normalized spacial score (nSPS) is 21.4. The summed E-state index contributed by atoms with van der Waals surface area (Å²) in [5.41, 5.74) is 0. The van der Waals surface area contributed by atoms with Crippen LogP contribution in [0.3, 0.4) is 0 Å². The van der Waals surface area contributed by atoms with E-state index in [1.807, 2.05) is 4.90 Å². The zero-order valence-electron chi connectivity index (χ0n) is 13.4. The molecule has 0 aliphatic carbocycles. The van der Waals surface area contributed by atoms with Crippen LogP contribution in [-0.2, 0) is 23.4 Å². The third-order valence-electron chi connectivity index (χ3n) is 3.48. The molecule has 0 aromatic rings. The van der Waals surface area contributed by atoms with E-state index >= 15 is 0 Å². The zero-order valence-corrected chi connectivity index (χ0v) is 14.3. The standard InChI is InChI=1S/C12H24NO11P/c14-8(7-24-25(19,20)21)9(15)10(16)11(17)12(18)23-6-3-13-1-4-22-5-2-13/h8-11,14-17H,1-7H2,(H2,19,20,21)/t8-,9-,10+,11-/m1/s1. The van der Waals surface area contributed by atoms with Crippen molar-refractivity contribution in [1.29, 1.82) is 0 Å². The van der Waals surface area contributed by atoms with Crippen LogP contribution in [-0.4, -0.2) is 112 Å². The highest BCUT2D eigenvalue weighted by Gasteiger charge is 2.36. The molecule has 4 atom stereocenters. The van der Waals surface area contributed by atoms with E-state index in [0.29, 0.717) is 32.8 Å². The Hall–Kier alpha value is -0.660. The minimum atomic E-state index is -4.88. The topological polar surface area (TPSA) is 186 Å². The fourth-order valence-corrected chi connectivity index (χ4v) is 2.36. The molecule has 0 saturated carbocycles. The maximum absolute atomic E-state index is 11.6. The molecule has 6 N–H and O–H groups in total. The minimum Gasteiger partial charge on any atom is -0.462 e. The predicted octanol–water partition coefficient (Wildman–Crippen LogP) is -3.59. The van der Waals surface area contributed by atoms with Gasteiger partial charge >= 0.3 is 13.8 Å². The summed E-state index contributed by atoms with van der Waals surface area (Å²) in [4.78, 5) is 30.6. The first-order valence-electron chi connectivity index (χ1n) is 7.51. The molecule has 1 aliphatic rings. The number of rotatable bonds is 10. The number of phosphoric ester groups is 1. The van der Waals surface area contributed by atoms with Crippen LogP contribution in [0.2, 0.25) is 0 Å². The highest BCUT2D eigenvalue weighted by atomic mass is 31.2. The molecule has 0 aromatic heterocycles. The van der Waals surface area contributed by atoms with Crippen molar-refractivity contribution in [2.45, 2.75) is 24.4 Å². The lowest BCUT2D eigenvalue weighted by Crippen LogP contribution is -2.49. The van der Waals surface area contributed by atoms with Crippen LogP contribution < -0.4 is 0 Å². The molecule has 12 nitrogen and oxygen atoms in total. The second kappa shape index (κ2) is 10.5. The van der Waals surface area contributed by atoms with Crippen LogP contribution in [0.4, 0.5) is 0 Å². The third-order valence-corrected chi connectivity index (χ3v) is 3.96. The number of phosphoric acid groups is 1. The number of hydrogen-bond donors (Lipinski definition) is 6. The largest absolute Gasteiger partial charge is 0.469 e. The Labute approximate surface area is 143 Å². The average molecular weight is 389 g/mol. The number of nitrogens with zero attached hydrogens (tertiary/aromatic N) is 1. The van der Waals surface area contributed by atoms with Crippen LogP contribution in [0.5, 0.6) is 0 Å². The predicted molar refractivity (Wildman–Crippen MR) is 80.2 cm³/mol. The number of hydrogen-bond acceptors (Lipinski definition) is 10. The van der Waals surface area contributed by atoms with Crippen molar-refractivity contribution in [2.75, 3.05) is 46.1 Å². The van der Waals surface area contributed by atoms with E-state index in [1.54, 1.807) is 0 Å². The molecule has 0 bridgehead atoms. The first kappa shape index (κ1) is 22.4. The van der Waals surface area contributed by atoms with E-state index in [0.717, 1.165) is 0 Å². The Bertz CT molecular complexity index is 452. The number of aliphatic hydroxyl groups excluding tert-OH is 4. The molecule has 0 amide bonds. The summed E-state index contributed by atoms with van der Waals surface area (Å²) in [6.45, 7) is 1.82. The van der Waals surface area contributed by atoms with Crippen molar-refractivity contribution in [1.82, 2.24) is 4.90 Å². The lowest BCUT2D eigenvalue weighted by Gasteiger charge is -2.27. The van der Waals surface area contributed by atoms with Crippen molar-refractivity contribution in [3.8, 4) is 0 Å². The first-order valence-corrected chi connectivity index (χ1v) is 9.04. The summed E-state index contributed by atoms with van der Waals surface area (Å²) >= 11 is 0. The molecular weight excluding hydrogens is 365 g/mol. The van der Waals surface area contributed by atoms with E-state index in [4.69, 9.17) is 19.3 Å².